The Hall–Kier alpha value is -1.47. The lowest BCUT2D eigenvalue weighted by atomic mass is 10.2. The molecule has 0 bridgehead atoms. The summed E-state index contributed by atoms with van der Waals surface area (Å²) in [5.41, 5.74) is 0.416. The molecule has 0 unspecified atom stereocenters. The Balaban J connectivity index is 1.90. The molecule has 1 fully saturated rings. The highest BCUT2D eigenvalue weighted by Crippen LogP contribution is 2.29. The third-order valence-electron chi connectivity index (χ3n) is 3.30. The molecule has 0 spiro atoms. The maximum Gasteiger partial charge on any atom is 0.245 e. The first kappa shape index (κ1) is 13.5. The number of halogens is 2. The molecular formula is C13H15BrFN5. The van der Waals surface area contributed by atoms with Crippen LogP contribution in [0, 0.1) is 5.82 Å². The fourth-order valence-corrected chi connectivity index (χ4v) is 2.81. The number of anilines is 1. The molecule has 2 aromatic rings. The van der Waals surface area contributed by atoms with E-state index < -0.39 is 0 Å². The largest absolute Gasteiger partial charge is 0.338 e. The van der Waals surface area contributed by atoms with Gasteiger partial charge in [0.1, 0.15) is 5.82 Å². The fraction of sp³-hybridized carbons (Fsp3) is 0.385. The number of hydrogen-bond donors (Lipinski definition) is 2. The molecule has 2 heterocycles. The van der Waals surface area contributed by atoms with Crippen molar-refractivity contribution in [2.75, 3.05) is 31.1 Å². The van der Waals surface area contributed by atoms with E-state index >= 15 is 0 Å². The summed E-state index contributed by atoms with van der Waals surface area (Å²) in [7, 11) is 0. The summed E-state index contributed by atoms with van der Waals surface area (Å²) >= 11 is 3.35. The zero-order chi connectivity index (χ0) is 13.9. The van der Waals surface area contributed by atoms with E-state index in [2.05, 4.69) is 41.3 Å². The third-order valence-corrected chi connectivity index (χ3v) is 3.96. The minimum absolute atomic E-state index is 0.320. The van der Waals surface area contributed by atoms with Crippen molar-refractivity contribution in [3.05, 3.63) is 28.5 Å². The first-order valence-corrected chi connectivity index (χ1v) is 7.37. The van der Waals surface area contributed by atoms with Crippen LogP contribution in [0.3, 0.4) is 0 Å². The molecule has 0 aliphatic carbocycles. The molecule has 0 radical (unpaired) electrons. The van der Waals surface area contributed by atoms with Gasteiger partial charge < -0.3 is 10.2 Å². The molecule has 1 aromatic carbocycles. The van der Waals surface area contributed by atoms with Crippen molar-refractivity contribution in [1.29, 1.82) is 0 Å². The van der Waals surface area contributed by atoms with E-state index in [0.717, 1.165) is 32.6 Å². The Morgan fingerprint density at radius 2 is 2.15 bits per heavy atom. The van der Waals surface area contributed by atoms with E-state index in [4.69, 9.17) is 0 Å². The monoisotopic (exact) mass is 339 g/mol. The number of nitrogens with one attached hydrogen (secondary N) is 2. The minimum atomic E-state index is -0.320. The zero-order valence-electron chi connectivity index (χ0n) is 10.9. The molecular weight excluding hydrogens is 325 g/mol. The van der Waals surface area contributed by atoms with Gasteiger partial charge >= 0.3 is 0 Å². The van der Waals surface area contributed by atoms with Gasteiger partial charge in [0, 0.05) is 24.1 Å². The van der Waals surface area contributed by atoms with Gasteiger partial charge in [-0.1, -0.05) is 6.07 Å². The van der Waals surface area contributed by atoms with E-state index in [9.17, 15) is 4.39 Å². The zero-order valence-corrected chi connectivity index (χ0v) is 12.5. The molecule has 106 valence electrons. The molecule has 3 rings (SSSR count). The minimum Gasteiger partial charge on any atom is -0.338 e. The van der Waals surface area contributed by atoms with Gasteiger partial charge in [0.2, 0.25) is 5.95 Å². The van der Waals surface area contributed by atoms with Crippen molar-refractivity contribution >= 4 is 21.9 Å². The first-order valence-electron chi connectivity index (χ1n) is 6.58. The van der Waals surface area contributed by atoms with Crippen LogP contribution >= 0.6 is 15.9 Å². The van der Waals surface area contributed by atoms with E-state index in [-0.39, 0.29) is 5.82 Å². The smallest absolute Gasteiger partial charge is 0.245 e. The topological polar surface area (TPSA) is 56.8 Å². The first-order chi connectivity index (χ1) is 9.75. The second kappa shape index (κ2) is 5.88. The van der Waals surface area contributed by atoms with Gasteiger partial charge in [0.15, 0.2) is 5.82 Å². The number of aromatic nitrogens is 3. The van der Waals surface area contributed by atoms with Crippen LogP contribution in [0.25, 0.3) is 11.4 Å². The van der Waals surface area contributed by atoms with Crippen LogP contribution < -0.4 is 10.2 Å². The quantitative estimate of drug-likeness (QED) is 0.880. The molecule has 2 N–H and O–H groups in total. The van der Waals surface area contributed by atoms with Gasteiger partial charge in [-0.15, -0.1) is 5.10 Å². The van der Waals surface area contributed by atoms with Gasteiger partial charge in [0.05, 0.1) is 5.56 Å². The summed E-state index contributed by atoms with van der Waals surface area (Å²) in [6.45, 7) is 3.68. The van der Waals surface area contributed by atoms with Crippen molar-refractivity contribution in [2.24, 2.45) is 0 Å². The Bertz CT molecular complexity index is 572. The SMILES string of the molecule is Fc1cccc(Br)c1-c1nc(N2CCCNCC2)n[nH]1. The van der Waals surface area contributed by atoms with Crippen LogP contribution in [0.1, 0.15) is 6.42 Å². The van der Waals surface area contributed by atoms with Crippen LogP contribution in [-0.4, -0.2) is 41.4 Å². The number of H-pyrrole nitrogens is 1. The predicted molar refractivity (Wildman–Crippen MR) is 79.2 cm³/mol. The number of rotatable bonds is 2. The Morgan fingerprint density at radius 1 is 1.25 bits per heavy atom. The molecule has 5 nitrogen and oxygen atoms in total. The Morgan fingerprint density at radius 3 is 3.00 bits per heavy atom. The van der Waals surface area contributed by atoms with Gasteiger partial charge in [0.25, 0.3) is 0 Å². The van der Waals surface area contributed by atoms with E-state index in [0.29, 0.717) is 21.8 Å². The number of benzene rings is 1. The molecule has 20 heavy (non-hydrogen) atoms. The fourth-order valence-electron chi connectivity index (χ4n) is 2.28. The second-order valence-electron chi connectivity index (χ2n) is 4.67. The molecule has 1 aromatic heterocycles. The average molecular weight is 340 g/mol. The number of hydrogen-bond acceptors (Lipinski definition) is 4. The lowest BCUT2D eigenvalue weighted by Crippen LogP contribution is -2.28. The molecule has 1 aliphatic rings. The molecule has 1 aliphatic heterocycles. The highest BCUT2D eigenvalue weighted by molar-refractivity contribution is 9.10. The van der Waals surface area contributed by atoms with Crippen molar-refractivity contribution in [2.45, 2.75) is 6.42 Å². The summed E-state index contributed by atoms with van der Waals surface area (Å²) in [6.07, 6.45) is 1.05. The van der Waals surface area contributed by atoms with Crippen molar-refractivity contribution < 1.29 is 4.39 Å². The van der Waals surface area contributed by atoms with E-state index in [1.807, 2.05) is 0 Å². The van der Waals surface area contributed by atoms with Crippen LogP contribution in [0.4, 0.5) is 10.3 Å². The standard InChI is InChI=1S/C13H15BrFN5/c14-9-3-1-4-10(15)11(9)12-17-13(19-18-12)20-7-2-5-16-6-8-20/h1,3-4,16H,2,5-8H2,(H,17,18,19). The van der Waals surface area contributed by atoms with Crippen molar-refractivity contribution in [3.63, 3.8) is 0 Å². The average Bonchev–Trinajstić information content (AvgIpc) is 2.74. The molecule has 7 heteroatoms. The van der Waals surface area contributed by atoms with E-state index in [1.165, 1.54) is 6.07 Å². The Labute approximate surface area is 124 Å². The van der Waals surface area contributed by atoms with Crippen molar-refractivity contribution in [3.8, 4) is 11.4 Å². The lowest BCUT2D eigenvalue weighted by molar-refractivity contribution is 0.629. The molecule has 0 amide bonds. The predicted octanol–water partition coefficient (Wildman–Crippen LogP) is 2.17. The summed E-state index contributed by atoms with van der Waals surface area (Å²) in [6, 6.07) is 4.86. The maximum absolute atomic E-state index is 13.9. The highest BCUT2D eigenvalue weighted by atomic mass is 79.9. The van der Waals surface area contributed by atoms with Gasteiger partial charge in [-0.3, -0.25) is 5.10 Å². The Kier molecular flexibility index (Phi) is 3.98. The summed E-state index contributed by atoms with van der Waals surface area (Å²) in [4.78, 5) is 6.53. The summed E-state index contributed by atoms with van der Waals surface area (Å²) in [5, 5.41) is 10.4. The van der Waals surface area contributed by atoms with Gasteiger partial charge in [-0.2, -0.15) is 4.98 Å². The van der Waals surface area contributed by atoms with Crippen LogP contribution in [0.2, 0.25) is 0 Å². The number of aromatic amines is 1. The van der Waals surface area contributed by atoms with E-state index in [1.54, 1.807) is 12.1 Å². The summed E-state index contributed by atoms with van der Waals surface area (Å²) in [5.74, 6) is 0.751. The molecule has 0 atom stereocenters. The van der Waals surface area contributed by atoms with Crippen molar-refractivity contribution in [1.82, 2.24) is 20.5 Å². The van der Waals surface area contributed by atoms with Gasteiger partial charge in [-0.05, 0) is 41.0 Å². The molecule has 1 saturated heterocycles. The van der Waals surface area contributed by atoms with Crippen LogP contribution in [0.5, 0.6) is 0 Å². The highest BCUT2D eigenvalue weighted by Gasteiger charge is 2.17. The van der Waals surface area contributed by atoms with Crippen LogP contribution in [-0.2, 0) is 0 Å². The third kappa shape index (κ3) is 2.69. The van der Waals surface area contributed by atoms with Crippen LogP contribution in [0.15, 0.2) is 22.7 Å². The van der Waals surface area contributed by atoms with Gasteiger partial charge in [-0.25, -0.2) is 4.39 Å². The normalized spacial score (nSPS) is 16.2. The second-order valence-corrected chi connectivity index (χ2v) is 5.53. The maximum atomic E-state index is 13.9. The summed E-state index contributed by atoms with van der Waals surface area (Å²) < 4.78 is 14.6. The lowest BCUT2D eigenvalue weighted by Gasteiger charge is -2.16. The molecule has 0 saturated carbocycles. The number of nitrogens with zero attached hydrogens (tertiary/aromatic N) is 3.